The van der Waals surface area contributed by atoms with E-state index in [2.05, 4.69) is 35.0 Å². The number of anilines is 2. The molecule has 5 nitrogen and oxygen atoms in total. The maximum atomic E-state index is 12.3. The minimum atomic E-state index is -0.459. The van der Waals surface area contributed by atoms with Crippen LogP contribution in [0.25, 0.3) is 0 Å². The summed E-state index contributed by atoms with van der Waals surface area (Å²) in [6.07, 6.45) is 0.652. The fourth-order valence-corrected chi connectivity index (χ4v) is 3.16. The Labute approximate surface area is 138 Å². The third kappa shape index (κ3) is 3.61. The molecule has 0 spiro atoms. The van der Waals surface area contributed by atoms with Gasteiger partial charge in [-0.1, -0.05) is 0 Å². The molecule has 1 amide bonds. The molecule has 1 saturated heterocycles. The molecule has 1 aromatic carbocycles. The fraction of sp³-hybridized carbons (Fsp3) is 0.611. The van der Waals surface area contributed by atoms with Crippen molar-refractivity contribution in [1.29, 1.82) is 0 Å². The van der Waals surface area contributed by atoms with Gasteiger partial charge in [0.2, 0.25) is 0 Å². The average Bonchev–Trinajstić information content (AvgIpc) is 2.89. The summed E-state index contributed by atoms with van der Waals surface area (Å²) in [7, 11) is 2.17. The summed E-state index contributed by atoms with van der Waals surface area (Å²) < 4.78 is 5.51. The second-order valence-electron chi connectivity index (χ2n) is 7.49. The standard InChI is InChI=1S/C18H27N3O2/c1-18(2,3)23-17(22)21-8-7-14-13-15(5-6-16(14)21)20-11-9-19(4)10-12-20/h5-6,13H,7-12H2,1-4H3. The molecule has 5 heteroatoms. The van der Waals surface area contributed by atoms with Crippen LogP contribution in [-0.4, -0.2) is 56.4 Å². The van der Waals surface area contributed by atoms with E-state index in [4.69, 9.17) is 4.74 Å². The van der Waals surface area contributed by atoms with Crippen LogP contribution in [-0.2, 0) is 11.2 Å². The molecule has 0 radical (unpaired) electrons. The van der Waals surface area contributed by atoms with Crippen LogP contribution in [0.5, 0.6) is 0 Å². The summed E-state index contributed by atoms with van der Waals surface area (Å²) in [5, 5.41) is 0. The van der Waals surface area contributed by atoms with E-state index in [1.54, 1.807) is 4.90 Å². The number of benzene rings is 1. The number of amides is 1. The third-order valence-electron chi connectivity index (χ3n) is 4.44. The number of carbonyl (C=O) groups excluding carboxylic acids is 1. The van der Waals surface area contributed by atoms with Crippen molar-refractivity contribution in [2.24, 2.45) is 0 Å². The Balaban J connectivity index is 1.74. The van der Waals surface area contributed by atoms with Gasteiger partial charge in [0.05, 0.1) is 5.69 Å². The summed E-state index contributed by atoms with van der Waals surface area (Å²) >= 11 is 0. The Morgan fingerprint density at radius 1 is 1.09 bits per heavy atom. The van der Waals surface area contributed by atoms with Crippen molar-refractivity contribution in [3.05, 3.63) is 23.8 Å². The minimum Gasteiger partial charge on any atom is -0.443 e. The largest absolute Gasteiger partial charge is 0.443 e. The maximum Gasteiger partial charge on any atom is 0.414 e. The van der Waals surface area contributed by atoms with E-state index in [-0.39, 0.29) is 6.09 Å². The number of hydrogen-bond acceptors (Lipinski definition) is 4. The lowest BCUT2D eigenvalue weighted by atomic mass is 10.1. The van der Waals surface area contributed by atoms with Crippen molar-refractivity contribution >= 4 is 17.5 Å². The second-order valence-corrected chi connectivity index (χ2v) is 7.49. The number of hydrogen-bond donors (Lipinski definition) is 0. The van der Waals surface area contributed by atoms with Crippen LogP contribution in [0.4, 0.5) is 16.2 Å². The van der Waals surface area contributed by atoms with E-state index in [0.717, 1.165) is 38.3 Å². The molecule has 1 fully saturated rings. The highest BCUT2D eigenvalue weighted by Gasteiger charge is 2.29. The lowest BCUT2D eigenvalue weighted by Crippen LogP contribution is -2.44. The summed E-state index contributed by atoms with van der Waals surface area (Å²) in [6.45, 7) is 10.7. The zero-order valence-corrected chi connectivity index (χ0v) is 14.6. The van der Waals surface area contributed by atoms with E-state index in [1.807, 2.05) is 20.8 Å². The van der Waals surface area contributed by atoms with Gasteiger partial charge in [0, 0.05) is 38.4 Å². The Hall–Kier alpha value is -1.75. The van der Waals surface area contributed by atoms with Crippen LogP contribution in [0.3, 0.4) is 0 Å². The van der Waals surface area contributed by atoms with Crippen LogP contribution in [0.15, 0.2) is 18.2 Å². The summed E-state index contributed by atoms with van der Waals surface area (Å²) in [5.41, 5.74) is 3.05. The summed E-state index contributed by atoms with van der Waals surface area (Å²) in [5.74, 6) is 0. The van der Waals surface area contributed by atoms with Gasteiger partial charge < -0.3 is 14.5 Å². The number of carbonyl (C=O) groups is 1. The molecule has 2 aliphatic rings. The molecule has 0 atom stereocenters. The monoisotopic (exact) mass is 317 g/mol. The van der Waals surface area contributed by atoms with Crippen molar-refractivity contribution in [2.75, 3.05) is 49.6 Å². The van der Waals surface area contributed by atoms with E-state index in [9.17, 15) is 4.79 Å². The Bertz CT molecular complexity index is 586. The molecule has 0 bridgehead atoms. The quantitative estimate of drug-likeness (QED) is 0.798. The first-order valence-corrected chi connectivity index (χ1v) is 8.40. The normalized spacial score (nSPS) is 19.0. The predicted molar refractivity (Wildman–Crippen MR) is 93.4 cm³/mol. The van der Waals surface area contributed by atoms with Crippen molar-refractivity contribution in [2.45, 2.75) is 32.8 Å². The number of likely N-dealkylation sites (N-methyl/N-ethyl adjacent to an activating group) is 1. The zero-order valence-electron chi connectivity index (χ0n) is 14.6. The molecule has 2 heterocycles. The second kappa shape index (κ2) is 6.04. The molecule has 126 valence electrons. The maximum absolute atomic E-state index is 12.3. The number of nitrogens with zero attached hydrogens (tertiary/aromatic N) is 3. The molecule has 23 heavy (non-hydrogen) atoms. The SMILES string of the molecule is CN1CCN(c2ccc3c(c2)CCN3C(=O)OC(C)(C)C)CC1. The predicted octanol–water partition coefficient (Wildman–Crippen LogP) is 2.74. The van der Waals surface area contributed by atoms with Gasteiger partial charge >= 0.3 is 6.09 Å². The first kappa shape index (κ1) is 16.1. The molecule has 0 aliphatic carbocycles. The highest BCUT2D eigenvalue weighted by molar-refractivity contribution is 5.91. The van der Waals surface area contributed by atoms with E-state index in [1.165, 1.54) is 11.3 Å². The zero-order chi connectivity index (χ0) is 16.6. The summed E-state index contributed by atoms with van der Waals surface area (Å²) in [4.78, 5) is 18.9. The van der Waals surface area contributed by atoms with Crippen molar-refractivity contribution in [1.82, 2.24) is 4.90 Å². The number of fused-ring (bicyclic) bond motifs is 1. The molecule has 0 unspecified atom stereocenters. The van der Waals surface area contributed by atoms with E-state index < -0.39 is 5.60 Å². The Morgan fingerprint density at radius 2 is 1.78 bits per heavy atom. The lowest BCUT2D eigenvalue weighted by Gasteiger charge is -2.34. The lowest BCUT2D eigenvalue weighted by molar-refractivity contribution is 0.0584. The van der Waals surface area contributed by atoms with E-state index in [0.29, 0.717) is 6.54 Å². The van der Waals surface area contributed by atoms with Crippen LogP contribution in [0, 0.1) is 0 Å². The Morgan fingerprint density at radius 3 is 2.43 bits per heavy atom. The molecule has 0 saturated carbocycles. The number of piperazine rings is 1. The van der Waals surface area contributed by atoms with Gasteiger partial charge in [-0.15, -0.1) is 0 Å². The highest BCUT2D eigenvalue weighted by Crippen LogP contribution is 2.33. The van der Waals surface area contributed by atoms with Gasteiger partial charge in [0.1, 0.15) is 5.60 Å². The molecule has 1 aromatic rings. The fourth-order valence-electron chi connectivity index (χ4n) is 3.16. The molecule has 0 N–H and O–H groups in total. The van der Waals surface area contributed by atoms with Crippen LogP contribution in [0.2, 0.25) is 0 Å². The van der Waals surface area contributed by atoms with Gasteiger partial charge in [-0.25, -0.2) is 4.79 Å². The van der Waals surface area contributed by atoms with E-state index >= 15 is 0 Å². The molecular weight excluding hydrogens is 290 g/mol. The third-order valence-corrected chi connectivity index (χ3v) is 4.44. The average molecular weight is 317 g/mol. The van der Waals surface area contributed by atoms with Crippen molar-refractivity contribution < 1.29 is 9.53 Å². The van der Waals surface area contributed by atoms with Gasteiger partial charge in [-0.2, -0.15) is 0 Å². The topological polar surface area (TPSA) is 36.0 Å². The molecular formula is C18H27N3O2. The molecule has 0 aromatic heterocycles. The van der Waals surface area contributed by atoms with Crippen molar-refractivity contribution in [3.63, 3.8) is 0 Å². The first-order valence-electron chi connectivity index (χ1n) is 8.40. The number of ether oxygens (including phenoxy) is 1. The van der Waals surface area contributed by atoms with Gasteiger partial charge in [-0.3, -0.25) is 4.90 Å². The van der Waals surface area contributed by atoms with Gasteiger partial charge in [-0.05, 0) is 58.0 Å². The van der Waals surface area contributed by atoms with Gasteiger partial charge in [0.15, 0.2) is 0 Å². The van der Waals surface area contributed by atoms with Crippen molar-refractivity contribution in [3.8, 4) is 0 Å². The Kier molecular flexibility index (Phi) is 4.23. The first-order chi connectivity index (χ1) is 10.8. The summed E-state index contributed by atoms with van der Waals surface area (Å²) in [6, 6.07) is 6.44. The molecule has 2 aliphatic heterocycles. The minimum absolute atomic E-state index is 0.247. The smallest absolute Gasteiger partial charge is 0.414 e. The molecule has 3 rings (SSSR count). The van der Waals surface area contributed by atoms with Crippen LogP contribution < -0.4 is 9.80 Å². The van der Waals surface area contributed by atoms with Crippen LogP contribution >= 0.6 is 0 Å². The highest BCUT2D eigenvalue weighted by atomic mass is 16.6. The van der Waals surface area contributed by atoms with Crippen LogP contribution in [0.1, 0.15) is 26.3 Å². The van der Waals surface area contributed by atoms with Gasteiger partial charge in [0.25, 0.3) is 0 Å². The number of rotatable bonds is 1.